The van der Waals surface area contributed by atoms with E-state index in [0.29, 0.717) is 6.54 Å². The Labute approximate surface area is 118 Å². The van der Waals surface area contributed by atoms with Crippen LogP contribution in [-0.4, -0.2) is 67.3 Å². The lowest BCUT2D eigenvalue weighted by Crippen LogP contribution is -2.55. The van der Waals surface area contributed by atoms with Crippen molar-refractivity contribution in [1.82, 2.24) is 9.80 Å². The minimum atomic E-state index is -0.0548. The molecule has 2 aliphatic heterocycles. The highest BCUT2D eigenvalue weighted by atomic mass is 16.5. The Balaban J connectivity index is 1.81. The summed E-state index contributed by atoms with van der Waals surface area (Å²) in [5, 5.41) is 0. The summed E-state index contributed by atoms with van der Waals surface area (Å²) in [6.07, 6.45) is 5.61. The lowest BCUT2D eigenvalue weighted by Gasteiger charge is -2.43. The molecule has 0 aromatic carbocycles. The van der Waals surface area contributed by atoms with Gasteiger partial charge in [-0.25, -0.2) is 0 Å². The zero-order valence-electron chi connectivity index (χ0n) is 12.9. The number of morpholine rings is 1. The van der Waals surface area contributed by atoms with Gasteiger partial charge in [0.1, 0.15) is 0 Å². The monoisotopic (exact) mass is 269 g/mol. The van der Waals surface area contributed by atoms with Crippen LogP contribution in [0.4, 0.5) is 0 Å². The quantitative estimate of drug-likeness (QED) is 0.835. The van der Waals surface area contributed by atoms with Crippen LogP contribution in [0.25, 0.3) is 0 Å². The van der Waals surface area contributed by atoms with Crippen molar-refractivity contribution in [3.8, 4) is 0 Å². The molecule has 0 amide bonds. The highest BCUT2D eigenvalue weighted by molar-refractivity contribution is 4.85. The summed E-state index contributed by atoms with van der Waals surface area (Å²) in [7, 11) is 2.27. The SMILES string of the molecule is CN1CCCCC1CCN1CC(CN)OC(C)(C)C1. The van der Waals surface area contributed by atoms with E-state index in [1.165, 1.54) is 38.8 Å². The minimum Gasteiger partial charge on any atom is -0.368 e. The van der Waals surface area contributed by atoms with Crippen molar-refractivity contribution in [3.63, 3.8) is 0 Å². The molecule has 112 valence electrons. The molecule has 19 heavy (non-hydrogen) atoms. The third kappa shape index (κ3) is 4.42. The molecule has 0 aromatic rings. The Morgan fingerprint density at radius 1 is 1.32 bits per heavy atom. The third-order valence-corrected chi connectivity index (χ3v) is 4.51. The summed E-state index contributed by atoms with van der Waals surface area (Å²) in [6.45, 7) is 9.45. The molecule has 0 aliphatic carbocycles. The number of rotatable bonds is 4. The van der Waals surface area contributed by atoms with E-state index in [0.717, 1.165) is 19.1 Å². The van der Waals surface area contributed by atoms with E-state index < -0.39 is 0 Å². The second-order valence-corrected chi connectivity index (χ2v) is 6.89. The van der Waals surface area contributed by atoms with Crippen LogP contribution in [0.3, 0.4) is 0 Å². The fraction of sp³-hybridized carbons (Fsp3) is 1.00. The zero-order chi connectivity index (χ0) is 13.9. The van der Waals surface area contributed by atoms with E-state index in [4.69, 9.17) is 10.5 Å². The maximum Gasteiger partial charge on any atom is 0.0831 e. The van der Waals surface area contributed by atoms with E-state index >= 15 is 0 Å². The van der Waals surface area contributed by atoms with Gasteiger partial charge in [-0.1, -0.05) is 6.42 Å². The molecule has 2 N–H and O–H groups in total. The van der Waals surface area contributed by atoms with E-state index in [2.05, 4.69) is 30.7 Å². The maximum absolute atomic E-state index is 5.99. The predicted octanol–water partition coefficient (Wildman–Crippen LogP) is 1.30. The van der Waals surface area contributed by atoms with Gasteiger partial charge in [-0.05, 0) is 53.2 Å². The van der Waals surface area contributed by atoms with Gasteiger partial charge in [-0.2, -0.15) is 0 Å². The van der Waals surface area contributed by atoms with Crippen molar-refractivity contribution in [2.24, 2.45) is 5.73 Å². The topological polar surface area (TPSA) is 41.7 Å². The van der Waals surface area contributed by atoms with Crippen molar-refractivity contribution in [3.05, 3.63) is 0 Å². The van der Waals surface area contributed by atoms with E-state index in [9.17, 15) is 0 Å². The fourth-order valence-electron chi connectivity index (χ4n) is 3.55. The van der Waals surface area contributed by atoms with Gasteiger partial charge >= 0.3 is 0 Å². The molecule has 2 unspecified atom stereocenters. The number of piperidine rings is 1. The van der Waals surface area contributed by atoms with Crippen molar-refractivity contribution in [2.75, 3.05) is 39.8 Å². The van der Waals surface area contributed by atoms with Gasteiger partial charge in [0.25, 0.3) is 0 Å². The fourth-order valence-corrected chi connectivity index (χ4v) is 3.55. The first-order valence-corrected chi connectivity index (χ1v) is 7.80. The Morgan fingerprint density at radius 3 is 2.79 bits per heavy atom. The average Bonchev–Trinajstić information content (AvgIpc) is 2.36. The van der Waals surface area contributed by atoms with Gasteiger partial charge in [-0.15, -0.1) is 0 Å². The van der Waals surface area contributed by atoms with E-state index in [1.54, 1.807) is 0 Å². The Bertz CT molecular complexity index is 283. The molecule has 2 aliphatic rings. The van der Waals surface area contributed by atoms with Crippen LogP contribution in [0.1, 0.15) is 39.5 Å². The summed E-state index contributed by atoms with van der Waals surface area (Å²) >= 11 is 0. The maximum atomic E-state index is 5.99. The van der Waals surface area contributed by atoms with Gasteiger partial charge in [-0.3, -0.25) is 4.90 Å². The molecular formula is C15H31N3O. The Hall–Kier alpha value is -0.160. The van der Waals surface area contributed by atoms with Crippen molar-refractivity contribution in [2.45, 2.75) is 57.3 Å². The highest BCUT2D eigenvalue weighted by Crippen LogP contribution is 2.23. The first-order chi connectivity index (χ1) is 9.00. The summed E-state index contributed by atoms with van der Waals surface area (Å²) in [4.78, 5) is 5.08. The molecule has 2 fully saturated rings. The molecule has 0 radical (unpaired) electrons. The normalized spacial score (nSPS) is 33.5. The molecular weight excluding hydrogens is 238 g/mol. The van der Waals surface area contributed by atoms with Crippen LogP contribution >= 0.6 is 0 Å². The van der Waals surface area contributed by atoms with Gasteiger partial charge in [0, 0.05) is 25.7 Å². The van der Waals surface area contributed by atoms with Crippen molar-refractivity contribution in [1.29, 1.82) is 0 Å². The second-order valence-electron chi connectivity index (χ2n) is 6.89. The van der Waals surface area contributed by atoms with Crippen molar-refractivity contribution < 1.29 is 4.74 Å². The number of nitrogens with zero attached hydrogens (tertiary/aromatic N) is 2. The number of likely N-dealkylation sites (tertiary alicyclic amines) is 1. The first kappa shape index (κ1) is 15.2. The Kier molecular flexibility index (Phi) is 5.23. The molecule has 0 aromatic heterocycles. The molecule has 0 bridgehead atoms. The van der Waals surface area contributed by atoms with E-state index in [-0.39, 0.29) is 11.7 Å². The molecule has 0 saturated carbocycles. The second kappa shape index (κ2) is 6.53. The third-order valence-electron chi connectivity index (χ3n) is 4.51. The molecule has 0 spiro atoms. The highest BCUT2D eigenvalue weighted by Gasteiger charge is 2.33. The van der Waals surface area contributed by atoms with Gasteiger partial charge in [0.05, 0.1) is 11.7 Å². The number of hydrogen-bond donors (Lipinski definition) is 1. The van der Waals surface area contributed by atoms with Crippen LogP contribution in [0.5, 0.6) is 0 Å². The molecule has 4 nitrogen and oxygen atoms in total. The largest absolute Gasteiger partial charge is 0.368 e. The van der Waals surface area contributed by atoms with Crippen molar-refractivity contribution >= 4 is 0 Å². The summed E-state index contributed by atoms with van der Waals surface area (Å²) in [5.74, 6) is 0. The molecule has 4 heteroatoms. The number of nitrogens with two attached hydrogens (primary N) is 1. The van der Waals surface area contributed by atoms with Crippen LogP contribution in [0.2, 0.25) is 0 Å². The van der Waals surface area contributed by atoms with Crippen LogP contribution in [0.15, 0.2) is 0 Å². The lowest BCUT2D eigenvalue weighted by atomic mass is 9.99. The standard InChI is InChI=1S/C15H31N3O/c1-15(2)12-18(11-14(10-16)19-15)9-7-13-6-4-5-8-17(13)3/h13-14H,4-12,16H2,1-3H3. The lowest BCUT2D eigenvalue weighted by molar-refractivity contribution is -0.132. The number of ether oxygens (including phenoxy) is 1. The van der Waals surface area contributed by atoms with Crippen LogP contribution in [-0.2, 0) is 4.74 Å². The van der Waals surface area contributed by atoms with Gasteiger partial charge < -0.3 is 15.4 Å². The minimum absolute atomic E-state index is 0.0548. The molecule has 2 rings (SSSR count). The first-order valence-electron chi connectivity index (χ1n) is 7.80. The summed E-state index contributed by atoms with van der Waals surface area (Å²) in [5.41, 5.74) is 5.73. The Morgan fingerprint density at radius 2 is 2.11 bits per heavy atom. The van der Waals surface area contributed by atoms with Crippen LogP contribution < -0.4 is 5.73 Å². The summed E-state index contributed by atoms with van der Waals surface area (Å²) in [6, 6.07) is 0.774. The smallest absolute Gasteiger partial charge is 0.0831 e. The average molecular weight is 269 g/mol. The molecule has 2 heterocycles. The molecule has 2 atom stereocenters. The van der Waals surface area contributed by atoms with Gasteiger partial charge in [0.2, 0.25) is 0 Å². The summed E-state index contributed by atoms with van der Waals surface area (Å²) < 4.78 is 5.99. The van der Waals surface area contributed by atoms with E-state index in [1.807, 2.05) is 0 Å². The number of hydrogen-bond acceptors (Lipinski definition) is 4. The molecule has 2 saturated heterocycles. The zero-order valence-corrected chi connectivity index (χ0v) is 12.9. The predicted molar refractivity (Wildman–Crippen MR) is 79.3 cm³/mol. The van der Waals surface area contributed by atoms with Gasteiger partial charge in [0.15, 0.2) is 0 Å². The van der Waals surface area contributed by atoms with Crippen LogP contribution in [0, 0.1) is 0 Å².